The van der Waals surface area contributed by atoms with Crippen LogP contribution in [0.1, 0.15) is 17.3 Å². The van der Waals surface area contributed by atoms with Gasteiger partial charge in [-0.05, 0) is 24.3 Å². The van der Waals surface area contributed by atoms with E-state index < -0.39 is 5.92 Å². The monoisotopic (exact) mass is 291 g/mol. The van der Waals surface area contributed by atoms with Gasteiger partial charge < -0.3 is 10.4 Å². The Morgan fingerprint density at radius 3 is 2.73 bits per heavy atom. The molecule has 0 saturated carbocycles. The summed E-state index contributed by atoms with van der Waals surface area (Å²) in [6.45, 7) is 0. The molecule has 0 saturated heterocycles. The molecule has 0 bridgehead atoms. The first-order chi connectivity index (χ1) is 10.7. The number of hydrogen-bond donors (Lipinski definition) is 1. The molecule has 0 spiro atoms. The van der Waals surface area contributed by atoms with Crippen molar-refractivity contribution < 1.29 is 5.21 Å². The highest BCUT2D eigenvalue weighted by atomic mass is 16.8. The zero-order chi connectivity index (χ0) is 15.5. The maximum Gasteiger partial charge on any atom is 0.132 e. The molecule has 1 atom stereocenters. The third-order valence-electron chi connectivity index (χ3n) is 3.34. The van der Waals surface area contributed by atoms with Crippen molar-refractivity contribution in [3.05, 3.63) is 71.3 Å². The summed E-state index contributed by atoms with van der Waals surface area (Å²) in [5, 5.41) is 30.6. The minimum Gasteiger partial charge on any atom is -0.733 e. The van der Waals surface area contributed by atoms with Crippen LogP contribution >= 0.6 is 0 Å². The Morgan fingerprint density at radius 1 is 1.14 bits per heavy atom. The molecule has 0 aliphatic heterocycles. The summed E-state index contributed by atoms with van der Waals surface area (Å²) in [7, 11) is 0. The highest BCUT2D eigenvalue weighted by Crippen LogP contribution is 2.29. The van der Waals surface area contributed by atoms with E-state index in [2.05, 4.69) is 16.0 Å². The molecule has 3 rings (SSSR count). The normalized spacial score (nSPS) is 11.9. The number of nitrogens with zero attached hydrogens (tertiary/aromatic N) is 4. The van der Waals surface area contributed by atoms with Crippen molar-refractivity contribution >= 4 is 16.6 Å². The van der Waals surface area contributed by atoms with Gasteiger partial charge in [-0.2, -0.15) is 5.26 Å². The third kappa shape index (κ3) is 2.46. The number of rotatable bonds is 3. The number of anilines is 1. The SMILES string of the molecule is N#C[C@H](c1ccc2ccccc2n1)c1ncccc1N([O-])O. The van der Waals surface area contributed by atoms with Gasteiger partial charge >= 0.3 is 0 Å². The van der Waals surface area contributed by atoms with Gasteiger partial charge in [0.2, 0.25) is 0 Å². The van der Waals surface area contributed by atoms with Crippen molar-refractivity contribution in [2.45, 2.75) is 5.92 Å². The molecule has 108 valence electrons. The van der Waals surface area contributed by atoms with Crippen molar-refractivity contribution in [1.82, 2.24) is 9.97 Å². The van der Waals surface area contributed by atoms with E-state index in [1.165, 1.54) is 18.3 Å². The molecule has 6 nitrogen and oxygen atoms in total. The Hall–Kier alpha value is -3.01. The van der Waals surface area contributed by atoms with Gasteiger partial charge in [0, 0.05) is 11.6 Å². The number of nitriles is 1. The summed E-state index contributed by atoms with van der Waals surface area (Å²) in [4.78, 5) is 8.52. The van der Waals surface area contributed by atoms with E-state index in [-0.39, 0.29) is 16.6 Å². The smallest absolute Gasteiger partial charge is 0.132 e. The minimum atomic E-state index is -0.843. The lowest BCUT2D eigenvalue weighted by molar-refractivity contribution is 0.295. The van der Waals surface area contributed by atoms with Crippen LogP contribution in [-0.4, -0.2) is 15.2 Å². The van der Waals surface area contributed by atoms with Crippen LogP contribution in [0, 0.1) is 16.5 Å². The summed E-state index contributed by atoms with van der Waals surface area (Å²) in [5.41, 5.74) is 1.33. The summed E-state index contributed by atoms with van der Waals surface area (Å²) < 4.78 is 0. The molecule has 2 heterocycles. The predicted molar refractivity (Wildman–Crippen MR) is 81.1 cm³/mol. The lowest BCUT2D eigenvalue weighted by Crippen LogP contribution is -2.14. The van der Waals surface area contributed by atoms with E-state index >= 15 is 0 Å². The van der Waals surface area contributed by atoms with Crippen LogP contribution in [0.4, 0.5) is 5.69 Å². The summed E-state index contributed by atoms with van der Waals surface area (Å²) in [6, 6.07) is 16.1. The first-order valence-corrected chi connectivity index (χ1v) is 6.57. The fourth-order valence-corrected chi connectivity index (χ4v) is 2.30. The predicted octanol–water partition coefficient (Wildman–Crippen LogP) is 2.98. The van der Waals surface area contributed by atoms with Gasteiger partial charge in [-0.15, -0.1) is 0 Å². The van der Waals surface area contributed by atoms with E-state index in [9.17, 15) is 15.7 Å². The molecule has 2 aromatic heterocycles. The molecule has 1 N–H and O–H groups in total. The molecular weight excluding hydrogens is 280 g/mol. The van der Waals surface area contributed by atoms with Gasteiger partial charge in [0.1, 0.15) is 5.92 Å². The Balaban J connectivity index is 2.13. The molecular formula is C16H11N4O2-. The molecule has 0 radical (unpaired) electrons. The van der Waals surface area contributed by atoms with Gasteiger partial charge in [-0.3, -0.25) is 15.2 Å². The fraction of sp³-hybridized carbons (Fsp3) is 0.0625. The maximum absolute atomic E-state index is 11.2. The second-order valence-electron chi connectivity index (χ2n) is 4.67. The number of benzene rings is 1. The van der Waals surface area contributed by atoms with Crippen molar-refractivity contribution in [2.75, 3.05) is 5.23 Å². The molecule has 1 aromatic carbocycles. The van der Waals surface area contributed by atoms with E-state index in [0.717, 1.165) is 10.9 Å². The van der Waals surface area contributed by atoms with Crippen molar-refractivity contribution in [3.63, 3.8) is 0 Å². The van der Waals surface area contributed by atoms with E-state index in [1.807, 2.05) is 30.3 Å². The Kier molecular flexibility index (Phi) is 3.66. The fourth-order valence-electron chi connectivity index (χ4n) is 2.30. The highest BCUT2D eigenvalue weighted by molar-refractivity contribution is 5.78. The number of fused-ring (bicyclic) bond motifs is 1. The van der Waals surface area contributed by atoms with Crippen molar-refractivity contribution in [1.29, 1.82) is 5.26 Å². The van der Waals surface area contributed by atoms with Crippen LogP contribution in [0.5, 0.6) is 0 Å². The molecule has 0 amide bonds. The lowest BCUT2D eigenvalue weighted by Gasteiger charge is -2.25. The van der Waals surface area contributed by atoms with Crippen LogP contribution in [-0.2, 0) is 0 Å². The van der Waals surface area contributed by atoms with Crippen LogP contribution in [0.3, 0.4) is 0 Å². The molecule has 0 fully saturated rings. The largest absolute Gasteiger partial charge is 0.733 e. The van der Waals surface area contributed by atoms with Crippen molar-refractivity contribution in [2.24, 2.45) is 0 Å². The minimum absolute atomic E-state index is 0.0657. The zero-order valence-electron chi connectivity index (χ0n) is 11.4. The average Bonchev–Trinajstić information content (AvgIpc) is 2.56. The first-order valence-electron chi connectivity index (χ1n) is 6.57. The van der Waals surface area contributed by atoms with Crippen molar-refractivity contribution in [3.8, 4) is 6.07 Å². The van der Waals surface area contributed by atoms with E-state index in [0.29, 0.717) is 5.69 Å². The number of pyridine rings is 2. The Labute approximate surface area is 126 Å². The number of hydrogen-bond acceptors (Lipinski definition) is 6. The van der Waals surface area contributed by atoms with Gasteiger partial charge in [0.15, 0.2) is 0 Å². The Morgan fingerprint density at radius 2 is 1.95 bits per heavy atom. The lowest BCUT2D eigenvalue weighted by atomic mass is 9.99. The van der Waals surface area contributed by atoms with E-state index in [4.69, 9.17) is 0 Å². The summed E-state index contributed by atoms with van der Waals surface area (Å²) in [5.74, 6) is -0.843. The summed E-state index contributed by atoms with van der Waals surface area (Å²) >= 11 is 0. The van der Waals surface area contributed by atoms with Gasteiger partial charge in [0.05, 0.1) is 28.7 Å². The number of para-hydroxylation sites is 1. The zero-order valence-corrected chi connectivity index (χ0v) is 11.4. The molecule has 6 heteroatoms. The topological polar surface area (TPSA) is 96.1 Å². The standard InChI is InChI=1S/C16H11N4O2/c17-10-12(16-15(20(21)22)6-3-9-18-16)14-8-7-11-4-1-2-5-13(11)19-14/h1-9,12,21H/q-1/t12-/m1/s1. The molecule has 0 aliphatic rings. The van der Waals surface area contributed by atoms with Gasteiger partial charge in [0.25, 0.3) is 0 Å². The quantitative estimate of drug-likeness (QED) is 0.745. The number of aromatic nitrogens is 2. The molecule has 22 heavy (non-hydrogen) atoms. The van der Waals surface area contributed by atoms with E-state index in [1.54, 1.807) is 6.07 Å². The van der Waals surface area contributed by atoms with Crippen LogP contribution in [0.25, 0.3) is 10.9 Å². The van der Waals surface area contributed by atoms with Crippen LogP contribution in [0.15, 0.2) is 54.7 Å². The average molecular weight is 291 g/mol. The first kappa shape index (κ1) is 13.9. The molecule has 3 aromatic rings. The summed E-state index contributed by atoms with van der Waals surface area (Å²) in [6.07, 6.45) is 1.47. The second-order valence-corrected chi connectivity index (χ2v) is 4.67. The molecule has 0 unspecified atom stereocenters. The third-order valence-corrected chi connectivity index (χ3v) is 3.34. The highest BCUT2D eigenvalue weighted by Gasteiger charge is 2.20. The van der Waals surface area contributed by atoms with Crippen LogP contribution < -0.4 is 5.23 Å². The maximum atomic E-state index is 11.2. The van der Waals surface area contributed by atoms with Gasteiger partial charge in [-0.25, -0.2) is 0 Å². The van der Waals surface area contributed by atoms with Crippen LogP contribution in [0.2, 0.25) is 0 Å². The molecule has 0 aliphatic carbocycles. The second kappa shape index (κ2) is 5.77. The van der Waals surface area contributed by atoms with Gasteiger partial charge in [-0.1, -0.05) is 24.3 Å². The Bertz CT molecular complexity index is 858.